The summed E-state index contributed by atoms with van der Waals surface area (Å²) < 4.78 is 13.3. The molecule has 7 heteroatoms. The SMILES string of the molecule is CC(C)c1ccc(C2(O)C(C(=O)c3ccc(F)cc3)=CC(=O)N2CCCCCC(=O)O)cc1. The van der Waals surface area contributed by atoms with Gasteiger partial charge in [0.2, 0.25) is 5.91 Å². The van der Waals surface area contributed by atoms with Crippen molar-refractivity contribution in [3.8, 4) is 0 Å². The maximum Gasteiger partial charge on any atom is 0.303 e. The predicted molar refractivity (Wildman–Crippen MR) is 121 cm³/mol. The number of amides is 1. The number of nitrogens with zero attached hydrogens (tertiary/aromatic N) is 1. The van der Waals surface area contributed by atoms with E-state index in [9.17, 15) is 23.9 Å². The van der Waals surface area contributed by atoms with Gasteiger partial charge in [0.05, 0.1) is 5.57 Å². The third kappa shape index (κ3) is 5.20. The van der Waals surface area contributed by atoms with E-state index in [2.05, 4.69) is 0 Å². The van der Waals surface area contributed by atoms with Crippen molar-refractivity contribution in [2.75, 3.05) is 6.54 Å². The van der Waals surface area contributed by atoms with Crippen LogP contribution >= 0.6 is 0 Å². The van der Waals surface area contributed by atoms with Gasteiger partial charge in [0, 0.05) is 30.2 Å². The monoisotopic (exact) mass is 453 g/mol. The molecule has 1 unspecified atom stereocenters. The zero-order chi connectivity index (χ0) is 24.2. The Morgan fingerprint density at radius 3 is 2.21 bits per heavy atom. The highest BCUT2D eigenvalue weighted by molar-refractivity contribution is 6.15. The van der Waals surface area contributed by atoms with Crippen LogP contribution in [0.2, 0.25) is 0 Å². The number of carboxylic acid groups (broad SMARTS) is 1. The van der Waals surface area contributed by atoms with Gasteiger partial charge in [0.25, 0.3) is 0 Å². The highest BCUT2D eigenvalue weighted by atomic mass is 19.1. The van der Waals surface area contributed by atoms with E-state index in [1.54, 1.807) is 12.1 Å². The second-order valence-electron chi connectivity index (χ2n) is 8.54. The molecule has 0 bridgehead atoms. The molecule has 0 spiro atoms. The molecule has 0 aliphatic carbocycles. The van der Waals surface area contributed by atoms with E-state index in [0.29, 0.717) is 24.8 Å². The van der Waals surface area contributed by atoms with E-state index in [0.717, 1.165) is 23.8 Å². The van der Waals surface area contributed by atoms with Crippen molar-refractivity contribution < 1.29 is 29.0 Å². The van der Waals surface area contributed by atoms with Crippen LogP contribution in [0.1, 0.15) is 66.9 Å². The molecule has 0 saturated heterocycles. The van der Waals surface area contributed by atoms with Gasteiger partial charge in [-0.05, 0) is 48.6 Å². The van der Waals surface area contributed by atoms with Crippen LogP contribution in [-0.2, 0) is 15.3 Å². The summed E-state index contributed by atoms with van der Waals surface area (Å²) in [6, 6.07) is 12.1. The molecular formula is C26H28FNO5. The topological polar surface area (TPSA) is 94.9 Å². The molecule has 2 aromatic rings. The molecule has 2 N–H and O–H groups in total. The Hall–Kier alpha value is -3.32. The first kappa shape index (κ1) is 24.3. The average molecular weight is 454 g/mol. The quantitative estimate of drug-likeness (QED) is 0.411. The number of carboxylic acids is 1. The summed E-state index contributed by atoms with van der Waals surface area (Å²) in [4.78, 5) is 38.1. The van der Waals surface area contributed by atoms with Gasteiger partial charge in [-0.3, -0.25) is 14.4 Å². The van der Waals surface area contributed by atoms with Gasteiger partial charge in [-0.1, -0.05) is 44.5 Å². The molecule has 6 nitrogen and oxygen atoms in total. The second-order valence-corrected chi connectivity index (χ2v) is 8.54. The van der Waals surface area contributed by atoms with Crippen LogP contribution in [0.15, 0.2) is 60.2 Å². The van der Waals surface area contributed by atoms with E-state index < -0.39 is 29.2 Å². The van der Waals surface area contributed by atoms with Gasteiger partial charge in [-0.2, -0.15) is 0 Å². The van der Waals surface area contributed by atoms with Gasteiger partial charge in [0.15, 0.2) is 11.5 Å². The maximum absolute atomic E-state index is 13.3. The predicted octanol–water partition coefficient (Wildman–Crippen LogP) is 4.39. The van der Waals surface area contributed by atoms with Crippen molar-refractivity contribution in [1.82, 2.24) is 4.90 Å². The highest BCUT2D eigenvalue weighted by Gasteiger charge is 2.50. The van der Waals surface area contributed by atoms with Crippen molar-refractivity contribution in [3.05, 3.63) is 82.7 Å². The summed E-state index contributed by atoms with van der Waals surface area (Å²) in [6.45, 7) is 4.23. The molecule has 2 aromatic carbocycles. The normalized spacial score (nSPS) is 18.0. The molecule has 0 aromatic heterocycles. The first-order chi connectivity index (χ1) is 15.6. The number of carbonyl (C=O) groups is 3. The van der Waals surface area contributed by atoms with Gasteiger partial charge in [-0.15, -0.1) is 0 Å². The Morgan fingerprint density at radius 2 is 1.64 bits per heavy atom. The first-order valence-electron chi connectivity index (χ1n) is 11.0. The molecule has 1 aliphatic rings. The summed E-state index contributed by atoms with van der Waals surface area (Å²) >= 11 is 0. The Morgan fingerprint density at radius 1 is 1.00 bits per heavy atom. The minimum absolute atomic E-state index is 0.0292. The van der Waals surface area contributed by atoms with Crippen molar-refractivity contribution in [3.63, 3.8) is 0 Å². The number of ketones is 1. The molecule has 0 fully saturated rings. The zero-order valence-corrected chi connectivity index (χ0v) is 18.8. The molecule has 3 rings (SSSR count). The number of Topliss-reactive ketones (excluding diaryl/α,β-unsaturated/α-hetero) is 1. The van der Waals surface area contributed by atoms with Crippen LogP contribution in [0, 0.1) is 5.82 Å². The molecule has 174 valence electrons. The standard InChI is InChI=1S/C26H28FNO5/c1-17(2)18-7-11-20(12-8-18)26(33)22(25(32)19-9-13-21(27)14-10-19)16-23(29)28(26)15-5-3-4-6-24(30)31/h7-14,16-17,33H,3-6,15H2,1-2H3,(H,30,31). The number of halogens is 1. The number of hydrogen-bond donors (Lipinski definition) is 2. The second kappa shape index (κ2) is 10.1. The van der Waals surface area contributed by atoms with Crippen LogP contribution in [0.3, 0.4) is 0 Å². The molecule has 1 amide bonds. The van der Waals surface area contributed by atoms with Crippen LogP contribution in [0.5, 0.6) is 0 Å². The molecule has 1 aliphatic heterocycles. The number of aliphatic hydroxyl groups is 1. The summed E-state index contributed by atoms with van der Waals surface area (Å²) in [5.41, 5.74) is -0.490. The average Bonchev–Trinajstić information content (AvgIpc) is 3.04. The van der Waals surface area contributed by atoms with Gasteiger partial charge < -0.3 is 15.1 Å². The minimum Gasteiger partial charge on any atom is -0.481 e. The minimum atomic E-state index is -1.98. The van der Waals surface area contributed by atoms with Crippen molar-refractivity contribution in [2.45, 2.75) is 51.2 Å². The fourth-order valence-corrected chi connectivity index (χ4v) is 3.99. The Labute approximate surface area is 192 Å². The summed E-state index contributed by atoms with van der Waals surface area (Å²) in [5.74, 6) is -2.19. The third-order valence-corrected chi connectivity index (χ3v) is 5.90. The fourth-order valence-electron chi connectivity index (χ4n) is 3.99. The van der Waals surface area contributed by atoms with Crippen LogP contribution < -0.4 is 0 Å². The Bertz CT molecular complexity index is 1060. The lowest BCUT2D eigenvalue weighted by Crippen LogP contribution is -2.47. The zero-order valence-electron chi connectivity index (χ0n) is 18.8. The Balaban J connectivity index is 1.94. The molecular weight excluding hydrogens is 425 g/mol. The van der Waals surface area contributed by atoms with Gasteiger partial charge >= 0.3 is 5.97 Å². The number of carbonyl (C=O) groups excluding carboxylic acids is 2. The first-order valence-corrected chi connectivity index (χ1v) is 11.0. The molecule has 0 radical (unpaired) electrons. The number of unbranched alkanes of at least 4 members (excludes halogenated alkanes) is 2. The molecule has 1 heterocycles. The maximum atomic E-state index is 13.3. The summed E-state index contributed by atoms with van der Waals surface area (Å²) in [6.07, 6.45) is 2.64. The lowest BCUT2D eigenvalue weighted by molar-refractivity contribution is -0.144. The number of hydrogen-bond acceptors (Lipinski definition) is 4. The number of rotatable bonds is 10. The van der Waals surface area contributed by atoms with Crippen LogP contribution in [0.25, 0.3) is 0 Å². The lowest BCUT2D eigenvalue weighted by Gasteiger charge is -2.36. The number of benzene rings is 2. The largest absolute Gasteiger partial charge is 0.481 e. The van der Waals surface area contributed by atoms with Crippen molar-refractivity contribution in [2.24, 2.45) is 0 Å². The number of aliphatic carboxylic acids is 1. The van der Waals surface area contributed by atoms with E-state index >= 15 is 0 Å². The molecule has 0 saturated carbocycles. The van der Waals surface area contributed by atoms with Crippen LogP contribution in [0.4, 0.5) is 4.39 Å². The summed E-state index contributed by atoms with van der Waals surface area (Å²) in [7, 11) is 0. The molecule has 1 atom stereocenters. The van der Waals surface area contributed by atoms with Gasteiger partial charge in [-0.25, -0.2) is 4.39 Å². The van der Waals surface area contributed by atoms with Crippen LogP contribution in [-0.4, -0.2) is 39.3 Å². The third-order valence-electron chi connectivity index (χ3n) is 5.90. The van der Waals surface area contributed by atoms with Gasteiger partial charge in [0.1, 0.15) is 5.82 Å². The van der Waals surface area contributed by atoms with E-state index in [4.69, 9.17) is 5.11 Å². The molecule has 33 heavy (non-hydrogen) atoms. The fraction of sp³-hybridized carbons (Fsp3) is 0.346. The van der Waals surface area contributed by atoms with Crippen molar-refractivity contribution in [1.29, 1.82) is 0 Å². The Kier molecular flexibility index (Phi) is 7.43. The lowest BCUT2D eigenvalue weighted by atomic mass is 9.88. The van der Waals surface area contributed by atoms with E-state index in [1.807, 2.05) is 26.0 Å². The highest BCUT2D eigenvalue weighted by Crippen LogP contribution is 2.40. The smallest absolute Gasteiger partial charge is 0.303 e. The van der Waals surface area contributed by atoms with E-state index in [1.165, 1.54) is 17.0 Å². The summed E-state index contributed by atoms with van der Waals surface area (Å²) in [5, 5.41) is 20.7. The van der Waals surface area contributed by atoms with E-state index in [-0.39, 0.29) is 30.0 Å². The van der Waals surface area contributed by atoms with Crippen molar-refractivity contribution >= 4 is 17.7 Å².